The van der Waals surface area contributed by atoms with Crippen LogP contribution in [0.4, 0.5) is 10.8 Å². The molecule has 2 aromatic rings. The van der Waals surface area contributed by atoms with Gasteiger partial charge in [-0.1, -0.05) is 6.07 Å². The summed E-state index contributed by atoms with van der Waals surface area (Å²) in [6, 6.07) is 7.84. The van der Waals surface area contributed by atoms with Gasteiger partial charge in [0.2, 0.25) is 0 Å². The number of nitrogens with two attached hydrogens (primary N) is 1. The Hall–Kier alpha value is -1.62. The summed E-state index contributed by atoms with van der Waals surface area (Å²) in [5, 5.41) is 1.09. The Labute approximate surface area is 98.9 Å². The van der Waals surface area contributed by atoms with E-state index in [0.29, 0.717) is 5.82 Å². The number of pyridine rings is 1. The molecule has 0 aliphatic rings. The molecule has 0 aliphatic carbocycles. The SMILES string of the molecule is CCN(Cc1ccccn1)c1cc(N)ns1. The summed E-state index contributed by atoms with van der Waals surface area (Å²) in [5.74, 6) is 0.583. The molecule has 0 aromatic carbocycles. The van der Waals surface area contributed by atoms with Crippen molar-refractivity contribution in [2.24, 2.45) is 0 Å². The maximum Gasteiger partial charge on any atom is 0.139 e. The smallest absolute Gasteiger partial charge is 0.139 e. The van der Waals surface area contributed by atoms with Crippen LogP contribution in [0.1, 0.15) is 12.6 Å². The van der Waals surface area contributed by atoms with Crippen LogP contribution in [0, 0.1) is 0 Å². The van der Waals surface area contributed by atoms with Crippen molar-refractivity contribution in [3.8, 4) is 0 Å². The molecule has 2 rings (SSSR count). The van der Waals surface area contributed by atoms with Gasteiger partial charge in [0.05, 0.1) is 12.2 Å². The molecule has 5 heteroatoms. The van der Waals surface area contributed by atoms with Gasteiger partial charge >= 0.3 is 0 Å². The summed E-state index contributed by atoms with van der Waals surface area (Å²) in [4.78, 5) is 6.51. The summed E-state index contributed by atoms with van der Waals surface area (Å²) < 4.78 is 4.08. The van der Waals surface area contributed by atoms with Crippen molar-refractivity contribution in [2.45, 2.75) is 13.5 Å². The van der Waals surface area contributed by atoms with Gasteiger partial charge in [0, 0.05) is 18.8 Å². The van der Waals surface area contributed by atoms with E-state index in [2.05, 4.69) is 21.2 Å². The van der Waals surface area contributed by atoms with Gasteiger partial charge in [0.1, 0.15) is 10.8 Å². The fourth-order valence-electron chi connectivity index (χ4n) is 1.46. The van der Waals surface area contributed by atoms with Crippen LogP contribution in [0.3, 0.4) is 0 Å². The van der Waals surface area contributed by atoms with Crippen LogP contribution >= 0.6 is 11.5 Å². The first kappa shape index (κ1) is 10.9. The Morgan fingerprint density at radius 2 is 2.31 bits per heavy atom. The number of nitrogens with zero attached hydrogens (tertiary/aromatic N) is 3. The maximum atomic E-state index is 5.62. The second kappa shape index (κ2) is 4.94. The second-order valence-electron chi connectivity index (χ2n) is 3.43. The second-order valence-corrected chi connectivity index (χ2v) is 4.21. The van der Waals surface area contributed by atoms with Crippen LogP contribution in [-0.4, -0.2) is 15.9 Å². The molecule has 2 N–H and O–H groups in total. The highest BCUT2D eigenvalue weighted by Gasteiger charge is 2.08. The van der Waals surface area contributed by atoms with Crippen molar-refractivity contribution in [3.05, 3.63) is 36.2 Å². The van der Waals surface area contributed by atoms with E-state index >= 15 is 0 Å². The molecule has 0 fully saturated rings. The molecule has 0 atom stereocenters. The van der Waals surface area contributed by atoms with Gasteiger partial charge in [0.15, 0.2) is 0 Å². The predicted octanol–water partition coefficient (Wildman–Crippen LogP) is 2.15. The van der Waals surface area contributed by atoms with Crippen LogP contribution in [0.2, 0.25) is 0 Å². The third kappa shape index (κ3) is 2.49. The van der Waals surface area contributed by atoms with E-state index in [1.54, 1.807) is 0 Å². The third-order valence-electron chi connectivity index (χ3n) is 2.29. The Balaban J connectivity index is 2.12. The third-order valence-corrected chi connectivity index (χ3v) is 3.15. The zero-order valence-electron chi connectivity index (χ0n) is 9.13. The Bertz CT molecular complexity index is 440. The van der Waals surface area contributed by atoms with Crippen molar-refractivity contribution in [1.82, 2.24) is 9.36 Å². The first-order valence-electron chi connectivity index (χ1n) is 5.16. The molecule has 84 valence electrons. The predicted molar refractivity (Wildman–Crippen MR) is 67.5 cm³/mol. The van der Waals surface area contributed by atoms with E-state index in [1.807, 2.05) is 30.5 Å². The summed E-state index contributed by atoms with van der Waals surface area (Å²) in [6.45, 7) is 3.82. The molecule has 2 heterocycles. The molecule has 0 bridgehead atoms. The van der Waals surface area contributed by atoms with Gasteiger partial charge < -0.3 is 10.6 Å². The summed E-state index contributed by atoms with van der Waals surface area (Å²) in [5.41, 5.74) is 6.67. The normalized spacial score (nSPS) is 10.3. The largest absolute Gasteiger partial charge is 0.383 e. The molecule has 0 saturated carbocycles. The van der Waals surface area contributed by atoms with Crippen LogP contribution in [0.5, 0.6) is 0 Å². The molecule has 2 aromatic heterocycles. The number of nitrogen functional groups attached to an aromatic ring is 1. The Morgan fingerprint density at radius 3 is 2.88 bits per heavy atom. The van der Waals surface area contributed by atoms with E-state index in [1.165, 1.54) is 11.5 Å². The average Bonchev–Trinajstić information content (AvgIpc) is 2.74. The zero-order valence-corrected chi connectivity index (χ0v) is 9.94. The summed E-state index contributed by atoms with van der Waals surface area (Å²) in [7, 11) is 0. The van der Waals surface area contributed by atoms with E-state index in [4.69, 9.17) is 5.73 Å². The lowest BCUT2D eigenvalue weighted by molar-refractivity contribution is 0.818. The van der Waals surface area contributed by atoms with Crippen LogP contribution < -0.4 is 10.6 Å². The number of aromatic nitrogens is 2. The van der Waals surface area contributed by atoms with Gasteiger partial charge in [-0.25, -0.2) is 0 Å². The molecular formula is C11H14N4S. The van der Waals surface area contributed by atoms with Gasteiger partial charge in [0.25, 0.3) is 0 Å². The van der Waals surface area contributed by atoms with Gasteiger partial charge in [-0.3, -0.25) is 4.98 Å². The highest BCUT2D eigenvalue weighted by molar-refractivity contribution is 7.10. The fraction of sp³-hybridized carbons (Fsp3) is 0.273. The topological polar surface area (TPSA) is 55.0 Å². The molecule has 0 radical (unpaired) electrons. The maximum absolute atomic E-state index is 5.62. The lowest BCUT2D eigenvalue weighted by Crippen LogP contribution is -2.21. The molecule has 0 saturated heterocycles. The molecular weight excluding hydrogens is 220 g/mol. The molecule has 0 unspecified atom stereocenters. The average molecular weight is 234 g/mol. The molecule has 0 amide bonds. The van der Waals surface area contributed by atoms with Crippen LogP contribution in [0.25, 0.3) is 0 Å². The van der Waals surface area contributed by atoms with Crippen molar-refractivity contribution in [1.29, 1.82) is 0 Å². The first-order valence-corrected chi connectivity index (χ1v) is 5.94. The van der Waals surface area contributed by atoms with Gasteiger partial charge in [-0.2, -0.15) is 4.37 Å². The minimum atomic E-state index is 0.583. The van der Waals surface area contributed by atoms with Crippen molar-refractivity contribution >= 4 is 22.4 Å². The van der Waals surface area contributed by atoms with E-state index < -0.39 is 0 Å². The molecule has 16 heavy (non-hydrogen) atoms. The van der Waals surface area contributed by atoms with Gasteiger partial charge in [-0.15, -0.1) is 0 Å². The number of hydrogen-bond donors (Lipinski definition) is 1. The monoisotopic (exact) mass is 234 g/mol. The first-order chi connectivity index (χ1) is 7.79. The Kier molecular flexibility index (Phi) is 3.36. The number of hydrogen-bond acceptors (Lipinski definition) is 5. The summed E-state index contributed by atoms with van der Waals surface area (Å²) >= 11 is 1.42. The van der Waals surface area contributed by atoms with E-state index in [-0.39, 0.29) is 0 Å². The van der Waals surface area contributed by atoms with E-state index in [0.717, 1.165) is 23.8 Å². The number of rotatable bonds is 4. The number of anilines is 2. The zero-order chi connectivity index (χ0) is 11.4. The van der Waals surface area contributed by atoms with Crippen molar-refractivity contribution in [2.75, 3.05) is 17.2 Å². The lowest BCUT2D eigenvalue weighted by Gasteiger charge is -2.19. The van der Waals surface area contributed by atoms with Crippen molar-refractivity contribution in [3.63, 3.8) is 0 Å². The highest BCUT2D eigenvalue weighted by Crippen LogP contribution is 2.23. The minimum absolute atomic E-state index is 0.583. The lowest BCUT2D eigenvalue weighted by atomic mass is 10.3. The van der Waals surface area contributed by atoms with Crippen LogP contribution in [-0.2, 0) is 6.54 Å². The molecule has 0 spiro atoms. The minimum Gasteiger partial charge on any atom is -0.383 e. The fourth-order valence-corrected chi connectivity index (χ4v) is 2.19. The molecule has 0 aliphatic heterocycles. The van der Waals surface area contributed by atoms with Crippen LogP contribution in [0.15, 0.2) is 30.5 Å². The molecule has 4 nitrogen and oxygen atoms in total. The van der Waals surface area contributed by atoms with Gasteiger partial charge in [-0.05, 0) is 30.6 Å². The highest BCUT2D eigenvalue weighted by atomic mass is 32.1. The van der Waals surface area contributed by atoms with E-state index in [9.17, 15) is 0 Å². The van der Waals surface area contributed by atoms with Crippen molar-refractivity contribution < 1.29 is 0 Å². The standard InChI is InChI=1S/C11H14N4S/c1-2-15(11-7-10(12)14-16-11)8-9-5-3-4-6-13-9/h3-7H,2,8H2,1H3,(H2,12,14). The Morgan fingerprint density at radius 1 is 1.44 bits per heavy atom. The summed E-state index contributed by atoms with van der Waals surface area (Å²) in [6.07, 6.45) is 1.81. The quantitative estimate of drug-likeness (QED) is 0.880.